The molecule has 0 spiro atoms. The molecule has 1 aromatic rings. The number of aromatic nitrogens is 1. The number of β-lactam (4-membered cyclic amide) rings is 1. The Balaban J connectivity index is 1.64. The van der Waals surface area contributed by atoms with Crippen LogP contribution in [0.2, 0.25) is 0 Å². The average molecular weight is 624 g/mol. The van der Waals surface area contributed by atoms with Crippen LogP contribution in [0, 0.1) is 5.41 Å². The molecule has 0 aromatic carbocycles. The molecule has 42 heavy (non-hydrogen) atoms. The zero-order valence-corrected chi connectivity index (χ0v) is 25.0. The van der Waals surface area contributed by atoms with Crippen LogP contribution in [0.15, 0.2) is 21.6 Å². The lowest BCUT2D eigenvalue weighted by Gasteiger charge is -2.53. The lowest BCUT2D eigenvalue weighted by molar-refractivity contribution is -0.169. The molecular formula is C24H29N7O9S2. The summed E-state index contributed by atoms with van der Waals surface area (Å²) in [5, 5.41) is 20.9. The number of urea groups is 1. The summed E-state index contributed by atoms with van der Waals surface area (Å²) >= 11 is 2.08. The molecule has 4 heterocycles. The number of aromatic amines is 1. The third-order valence-electron chi connectivity index (χ3n) is 6.20. The number of nitrogens with zero attached hydrogens (tertiary/aromatic N) is 5. The summed E-state index contributed by atoms with van der Waals surface area (Å²) in [6, 6.07) is -1.88. The fourth-order valence-electron chi connectivity index (χ4n) is 4.34. The Morgan fingerprint density at radius 1 is 1.24 bits per heavy atom. The summed E-state index contributed by atoms with van der Waals surface area (Å²) in [6.45, 7) is 6.16. The number of rotatable bonds is 7. The number of esters is 1. The van der Waals surface area contributed by atoms with Gasteiger partial charge in [-0.1, -0.05) is 0 Å². The molecule has 5 amide bonds. The number of hydrogen-bond donors (Lipinski definition) is 3. The Labute approximate surface area is 247 Å². The van der Waals surface area contributed by atoms with Gasteiger partial charge >= 0.3 is 24.1 Å². The van der Waals surface area contributed by atoms with Crippen LogP contribution in [-0.2, 0) is 28.7 Å². The summed E-state index contributed by atoms with van der Waals surface area (Å²) in [5.74, 6) is -3.72. The first-order valence-electron chi connectivity index (χ1n) is 12.5. The fourth-order valence-corrected chi connectivity index (χ4v) is 6.40. The quantitative estimate of drug-likeness (QED) is 0.219. The van der Waals surface area contributed by atoms with Crippen molar-refractivity contribution in [2.24, 2.45) is 4.99 Å². The van der Waals surface area contributed by atoms with E-state index in [2.05, 4.69) is 9.98 Å². The SMILES string of the molecule is CC(=O)OCC1=C(C(=O)O)N2C(=O)C(N(C(=O)C(=N)c3csc(=NC(=O)OC(C)(C)C)[nH]3)N3CCN(C)C3=O)[C@@H]2SC1. The first kappa shape index (κ1) is 30.8. The van der Waals surface area contributed by atoms with Crippen molar-refractivity contribution in [1.82, 2.24) is 24.8 Å². The number of hydrogen-bond acceptors (Lipinski definition) is 11. The predicted molar refractivity (Wildman–Crippen MR) is 147 cm³/mol. The third-order valence-corrected chi connectivity index (χ3v) is 8.29. The molecule has 0 bridgehead atoms. The molecule has 1 aromatic heterocycles. The van der Waals surface area contributed by atoms with Gasteiger partial charge < -0.3 is 24.5 Å². The monoisotopic (exact) mass is 623 g/mol. The molecule has 0 saturated carbocycles. The number of fused-ring (bicyclic) bond motifs is 1. The maximum absolute atomic E-state index is 13.8. The van der Waals surface area contributed by atoms with Gasteiger partial charge in [0.1, 0.15) is 29.0 Å². The van der Waals surface area contributed by atoms with Gasteiger partial charge in [0.2, 0.25) is 0 Å². The number of thioether (sulfide) groups is 1. The normalized spacial score (nSPS) is 20.8. The lowest BCUT2D eigenvalue weighted by atomic mass is 10.0. The molecule has 3 aliphatic heterocycles. The highest BCUT2D eigenvalue weighted by atomic mass is 32.2. The number of aliphatic carboxylic acids is 1. The van der Waals surface area contributed by atoms with Gasteiger partial charge in [-0.15, -0.1) is 28.1 Å². The Kier molecular flexibility index (Phi) is 8.49. The number of hydrazine groups is 1. The number of nitrogens with one attached hydrogen (secondary N) is 2. The van der Waals surface area contributed by atoms with E-state index >= 15 is 0 Å². The molecule has 16 nitrogen and oxygen atoms in total. The second-order valence-electron chi connectivity index (χ2n) is 10.4. The van der Waals surface area contributed by atoms with E-state index in [0.29, 0.717) is 0 Å². The molecule has 226 valence electrons. The first-order chi connectivity index (χ1) is 19.6. The highest BCUT2D eigenvalue weighted by Gasteiger charge is 2.59. The summed E-state index contributed by atoms with van der Waals surface area (Å²) in [4.78, 5) is 84.6. The van der Waals surface area contributed by atoms with Crippen molar-refractivity contribution in [2.45, 2.75) is 44.7 Å². The van der Waals surface area contributed by atoms with E-state index in [-0.39, 0.29) is 47.2 Å². The van der Waals surface area contributed by atoms with Crippen molar-refractivity contribution in [3.8, 4) is 0 Å². The maximum atomic E-state index is 13.8. The zero-order chi connectivity index (χ0) is 31.1. The van der Waals surface area contributed by atoms with Gasteiger partial charge in [0.15, 0.2) is 10.8 Å². The lowest BCUT2D eigenvalue weighted by Crippen LogP contribution is -2.74. The zero-order valence-electron chi connectivity index (χ0n) is 23.3. The van der Waals surface area contributed by atoms with E-state index in [0.717, 1.165) is 38.0 Å². The molecule has 2 fully saturated rings. The summed E-state index contributed by atoms with van der Waals surface area (Å²) in [7, 11) is 1.52. The number of ether oxygens (including phenoxy) is 2. The van der Waals surface area contributed by atoms with Gasteiger partial charge in [0, 0.05) is 37.2 Å². The molecule has 2 atom stereocenters. The minimum absolute atomic E-state index is 0.0213. The number of amides is 5. The Morgan fingerprint density at radius 3 is 2.50 bits per heavy atom. The number of carboxylic acids is 1. The van der Waals surface area contributed by atoms with Crippen LogP contribution in [0.1, 0.15) is 33.4 Å². The standard InChI is InChI=1S/C24H29N7O9S2/c1-11(32)39-8-12-9-41-19-16(18(34)30(19)15(12)20(35)36)31(29-7-6-28(5)23(29)38)17(33)14(25)13-10-42-21(26-13)27-22(37)40-24(2,3)4/h10,16,19,25H,6-9H2,1-5H3,(H,35,36)(H,26,27,37)/t16?,19-/m0/s1. The molecule has 4 rings (SSSR count). The third kappa shape index (κ3) is 6.03. The minimum Gasteiger partial charge on any atom is -0.477 e. The second-order valence-corrected chi connectivity index (χ2v) is 12.4. The van der Waals surface area contributed by atoms with E-state index in [9.17, 15) is 33.9 Å². The van der Waals surface area contributed by atoms with Gasteiger partial charge in [0.25, 0.3) is 11.8 Å². The van der Waals surface area contributed by atoms with E-state index in [4.69, 9.17) is 14.9 Å². The van der Waals surface area contributed by atoms with E-state index in [1.165, 1.54) is 24.3 Å². The minimum atomic E-state index is -1.41. The van der Waals surface area contributed by atoms with Crippen molar-refractivity contribution in [3.05, 3.63) is 27.1 Å². The van der Waals surface area contributed by atoms with Crippen molar-refractivity contribution in [2.75, 3.05) is 32.5 Å². The number of H-pyrrole nitrogens is 1. The van der Waals surface area contributed by atoms with Gasteiger partial charge in [-0.25, -0.2) is 24.4 Å². The van der Waals surface area contributed by atoms with Crippen molar-refractivity contribution < 1.29 is 43.3 Å². The molecule has 1 unspecified atom stereocenters. The number of carboxylic acid groups (broad SMARTS) is 1. The number of thiazole rings is 1. The summed E-state index contributed by atoms with van der Waals surface area (Å²) in [6.07, 6.45) is -0.873. The van der Waals surface area contributed by atoms with Crippen LogP contribution in [0.4, 0.5) is 9.59 Å². The highest BCUT2D eigenvalue weighted by Crippen LogP contribution is 2.43. The highest BCUT2D eigenvalue weighted by molar-refractivity contribution is 8.00. The molecule has 3 aliphatic rings. The van der Waals surface area contributed by atoms with Crippen LogP contribution in [0.5, 0.6) is 0 Å². The number of likely N-dealkylation sites (N-methyl/N-ethyl adjacent to an activating group) is 1. The first-order valence-corrected chi connectivity index (χ1v) is 14.5. The smallest absolute Gasteiger partial charge is 0.436 e. The fraction of sp³-hybridized carbons (Fsp3) is 0.500. The molecule has 0 aliphatic carbocycles. The van der Waals surface area contributed by atoms with Crippen LogP contribution in [0.25, 0.3) is 0 Å². The van der Waals surface area contributed by atoms with Crippen LogP contribution in [-0.4, -0.2) is 121 Å². The summed E-state index contributed by atoms with van der Waals surface area (Å²) in [5.41, 5.74) is -1.56. The molecule has 18 heteroatoms. The van der Waals surface area contributed by atoms with E-state index in [1.807, 2.05) is 0 Å². The average Bonchev–Trinajstić information content (AvgIpc) is 3.49. The van der Waals surface area contributed by atoms with Gasteiger partial charge in [-0.3, -0.25) is 24.7 Å². The molecule has 0 radical (unpaired) electrons. The van der Waals surface area contributed by atoms with E-state index in [1.54, 1.807) is 20.8 Å². The van der Waals surface area contributed by atoms with Crippen molar-refractivity contribution >= 4 is 64.7 Å². The Morgan fingerprint density at radius 2 is 1.93 bits per heavy atom. The van der Waals surface area contributed by atoms with Gasteiger partial charge in [-0.2, -0.15) is 0 Å². The number of carbonyl (C=O) groups excluding carboxylic acids is 5. The topological polar surface area (TPSA) is 206 Å². The maximum Gasteiger partial charge on any atom is 0.436 e. The van der Waals surface area contributed by atoms with Crippen LogP contribution in [0.3, 0.4) is 0 Å². The predicted octanol–water partition coefficient (Wildman–Crippen LogP) is 0.576. The number of carbonyl (C=O) groups is 6. The Hall–Kier alpha value is -4.19. The Bertz CT molecular complexity index is 1470. The van der Waals surface area contributed by atoms with E-state index < -0.39 is 58.6 Å². The molecule has 2 saturated heterocycles. The van der Waals surface area contributed by atoms with Crippen molar-refractivity contribution in [1.29, 1.82) is 5.41 Å². The largest absolute Gasteiger partial charge is 0.477 e. The van der Waals surface area contributed by atoms with Gasteiger partial charge in [0.05, 0.1) is 12.2 Å². The molecular weight excluding hydrogens is 594 g/mol. The van der Waals surface area contributed by atoms with Crippen molar-refractivity contribution in [3.63, 3.8) is 0 Å². The van der Waals surface area contributed by atoms with Crippen LogP contribution < -0.4 is 4.80 Å². The summed E-state index contributed by atoms with van der Waals surface area (Å²) < 4.78 is 10.1. The second kappa shape index (κ2) is 11.6. The van der Waals surface area contributed by atoms with Gasteiger partial charge in [-0.05, 0) is 20.8 Å². The van der Waals surface area contributed by atoms with Crippen LogP contribution >= 0.6 is 23.1 Å². The molecule has 3 N–H and O–H groups in total.